The van der Waals surface area contributed by atoms with Gasteiger partial charge in [0.25, 0.3) is 0 Å². The predicted molar refractivity (Wildman–Crippen MR) is 143 cm³/mol. The second kappa shape index (κ2) is 10.3. The summed E-state index contributed by atoms with van der Waals surface area (Å²) in [5.74, 6) is 1.29. The molecule has 1 aliphatic heterocycles. The fourth-order valence-corrected chi connectivity index (χ4v) is 5.17. The van der Waals surface area contributed by atoms with E-state index in [4.69, 9.17) is 9.84 Å². The van der Waals surface area contributed by atoms with E-state index in [1.165, 1.54) is 10.5 Å². The molecule has 0 aliphatic carbocycles. The molecule has 0 amide bonds. The molecule has 184 valence electrons. The molecule has 0 atom stereocenters. The van der Waals surface area contributed by atoms with E-state index in [2.05, 4.69) is 51.5 Å². The zero-order chi connectivity index (χ0) is 25.1. The van der Waals surface area contributed by atoms with Crippen LogP contribution in [0.2, 0.25) is 0 Å². The Morgan fingerprint density at radius 2 is 1.92 bits per heavy atom. The zero-order valence-electron chi connectivity index (χ0n) is 20.3. The third-order valence-corrected chi connectivity index (χ3v) is 7.20. The number of ether oxygens (including phenoxy) is 1. The zero-order valence-corrected chi connectivity index (χ0v) is 21.1. The molecule has 1 fully saturated rings. The fourth-order valence-electron chi connectivity index (χ4n) is 4.42. The molecule has 1 aliphatic rings. The maximum atomic E-state index is 11.5. The summed E-state index contributed by atoms with van der Waals surface area (Å²) in [5.41, 5.74) is 5.29. The first-order valence-corrected chi connectivity index (χ1v) is 12.7. The van der Waals surface area contributed by atoms with Crippen LogP contribution < -0.4 is 9.64 Å². The summed E-state index contributed by atoms with van der Waals surface area (Å²) in [6, 6.07) is 17.6. The summed E-state index contributed by atoms with van der Waals surface area (Å²) in [6.45, 7) is 3.90. The molecule has 0 radical (unpaired) electrons. The highest BCUT2D eigenvalue weighted by Gasteiger charge is 2.24. The molecule has 3 aromatic heterocycles. The molecular weight excluding hydrogens is 474 g/mol. The van der Waals surface area contributed by atoms with Crippen molar-refractivity contribution in [3.63, 3.8) is 0 Å². The number of piperidine rings is 1. The van der Waals surface area contributed by atoms with Gasteiger partial charge in [0, 0.05) is 24.8 Å². The molecule has 36 heavy (non-hydrogen) atoms. The number of anilines is 1. The Labute approximate surface area is 213 Å². The van der Waals surface area contributed by atoms with Gasteiger partial charge in [-0.3, -0.25) is 14.8 Å². The van der Waals surface area contributed by atoms with Crippen molar-refractivity contribution in [3.05, 3.63) is 92.6 Å². The molecule has 0 bridgehead atoms. The number of nitro groups is 1. The summed E-state index contributed by atoms with van der Waals surface area (Å²) >= 11 is 1.70. The second-order valence-electron chi connectivity index (χ2n) is 8.78. The highest BCUT2D eigenvalue weighted by atomic mass is 32.1. The van der Waals surface area contributed by atoms with Gasteiger partial charge in [0.2, 0.25) is 5.82 Å². The van der Waals surface area contributed by atoms with Crippen LogP contribution in [-0.4, -0.2) is 39.9 Å². The molecule has 4 aromatic rings. The van der Waals surface area contributed by atoms with Gasteiger partial charge in [-0.1, -0.05) is 23.8 Å². The Kier molecular flexibility index (Phi) is 6.81. The fraction of sp³-hybridized carbons (Fsp3) is 0.259. The van der Waals surface area contributed by atoms with Crippen LogP contribution in [0.3, 0.4) is 0 Å². The minimum absolute atomic E-state index is 0.0610. The smallest absolute Gasteiger partial charge is 0.311 e. The number of benzene rings is 1. The van der Waals surface area contributed by atoms with Crippen molar-refractivity contribution >= 4 is 28.9 Å². The standard InChI is InChI=1S/C27H27N5O3S/c1-19-5-10-24(32(33)34)27(28-19)30-13-11-20(12-14-30)16-22-17-25(26-4-3-15-36-26)31(29-22)18-21-6-8-23(35-2)9-7-21/h3-10,15-17H,11-14,18H2,1-2H3. The lowest BCUT2D eigenvalue weighted by molar-refractivity contribution is -0.384. The van der Waals surface area contributed by atoms with Gasteiger partial charge in [-0.2, -0.15) is 5.10 Å². The molecule has 8 nitrogen and oxygen atoms in total. The maximum absolute atomic E-state index is 11.5. The molecule has 0 saturated carbocycles. The van der Waals surface area contributed by atoms with Crippen molar-refractivity contribution in [1.29, 1.82) is 0 Å². The number of pyridine rings is 1. The van der Waals surface area contributed by atoms with Crippen molar-refractivity contribution in [1.82, 2.24) is 14.8 Å². The topological polar surface area (TPSA) is 86.3 Å². The minimum atomic E-state index is -0.352. The van der Waals surface area contributed by atoms with Gasteiger partial charge in [-0.15, -0.1) is 11.3 Å². The number of aromatic nitrogens is 3. The van der Waals surface area contributed by atoms with Crippen LogP contribution >= 0.6 is 11.3 Å². The summed E-state index contributed by atoms with van der Waals surface area (Å²) in [6.07, 6.45) is 3.79. The highest BCUT2D eigenvalue weighted by Crippen LogP contribution is 2.31. The summed E-state index contributed by atoms with van der Waals surface area (Å²) in [4.78, 5) is 18.8. The highest BCUT2D eigenvalue weighted by molar-refractivity contribution is 7.13. The lowest BCUT2D eigenvalue weighted by atomic mass is 10.0. The number of hydrogen-bond acceptors (Lipinski definition) is 7. The molecule has 5 rings (SSSR count). The third kappa shape index (κ3) is 5.16. The van der Waals surface area contributed by atoms with Gasteiger partial charge < -0.3 is 9.64 Å². The van der Waals surface area contributed by atoms with Gasteiger partial charge in [0.05, 0.1) is 34.8 Å². The number of methoxy groups -OCH3 is 1. The van der Waals surface area contributed by atoms with Gasteiger partial charge in [-0.05, 0) is 67.1 Å². The number of rotatable bonds is 7. The van der Waals surface area contributed by atoms with Crippen LogP contribution in [0.25, 0.3) is 16.6 Å². The van der Waals surface area contributed by atoms with Gasteiger partial charge >= 0.3 is 5.69 Å². The minimum Gasteiger partial charge on any atom is -0.497 e. The molecule has 1 aromatic carbocycles. The Morgan fingerprint density at radius 1 is 1.14 bits per heavy atom. The summed E-state index contributed by atoms with van der Waals surface area (Å²) < 4.78 is 7.33. The number of aryl methyl sites for hydroxylation is 1. The van der Waals surface area contributed by atoms with E-state index < -0.39 is 0 Å². The van der Waals surface area contributed by atoms with Gasteiger partial charge in [-0.25, -0.2) is 4.98 Å². The Hall–Kier alpha value is -3.98. The molecule has 0 spiro atoms. The lowest BCUT2D eigenvalue weighted by Gasteiger charge is -2.29. The SMILES string of the molecule is COc1ccc(Cn2nc(C=C3CCN(c4nc(C)ccc4[N+](=O)[O-])CC3)cc2-c2cccs2)cc1. The largest absolute Gasteiger partial charge is 0.497 e. The normalized spacial score (nSPS) is 13.6. The van der Waals surface area contributed by atoms with Crippen molar-refractivity contribution in [2.75, 3.05) is 25.1 Å². The molecule has 4 heterocycles. The number of hydrogen-bond donors (Lipinski definition) is 0. The van der Waals surface area contributed by atoms with E-state index in [9.17, 15) is 10.1 Å². The van der Waals surface area contributed by atoms with Gasteiger partial charge in [0.1, 0.15) is 5.75 Å². The quantitative estimate of drug-likeness (QED) is 0.229. The van der Waals surface area contributed by atoms with E-state index in [1.54, 1.807) is 30.6 Å². The summed E-state index contributed by atoms with van der Waals surface area (Å²) in [5, 5.41) is 18.5. The Bertz CT molecular complexity index is 1380. The third-order valence-electron chi connectivity index (χ3n) is 6.31. The molecule has 0 unspecified atom stereocenters. The molecule has 9 heteroatoms. The first-order chi connectivity index (χ1) is 17.5. The van der Waals surface area contributed by atoms with E-state index in [-0.39, 0.29) is 10.6 Å². The van der Waals surface area contributed by atoms with E-state index in [0.717, 1.165) is 41.2 Å². The Balaban J connectivity index is 1.36. The molecular formula is C27H27N5O3S. The average molecular weight is 502 g/mol. The van der Waals surface area contributed by atoms with Crippen LogP contribution in [0.15, 0.2) is 65.6 Å². The maximum Gasteiger partial charge on any atom is 0.311 e. The van der Waals surface area contributed by atoms with Crippen molar-refractivity contribution in [2.24, 2.45) is 0 Å². The first kappa shape index (κ1) is 23.7. The monoisotopic (exact) mass is 501 g/mol. The van der Waals surface area contributed by atoms with Crippen LogP contribution in [0, 0.1) is 17.0 Å². The van der Waals surface area contributed by atoms with Crippen LogP contribution in [0.1, 0.15) is 29.8 Å². The van der Waals surface area contributed by atoms with Crippen LogP contribution in [0.4, 0.5) is 11.5 Å². The first-order valence-electron chi connectivity index (χ1n) is 11.8. The Morgan fingerprint density at radius 3 is 2.58 bits per heavy atom. The van der Waals surface area contributed by atoms with E-state index in [1.807, 2.05) is 24.0 Å². The predicted octanol–water partition coefficient (Wildman–Crippen LogP) is 5.96. The van der Waals surface area contributed by atoms with Crippen LogP contribution in [-0.2, 0) is 6.54 Å². The van der Waals surface area contributed by atoms with E-state index in [0.29, 0.717) is 25.5 Å². The number of nitrogens with zero attached hydrogens (tertiary/aromatic N) is 5. The summed E-state index contributed by atoms with van der Waals surface area (Å²) in [7, 11) is 1.67. The number of thiophene rings is 1. The van der Waals surface area contributed by atoms with E-state index >= 15 is 0 Å². The lowest BCUT2D eigenvalue weighted by Crippen LogP contribution is -2.32. The van der Waals surface area contributed by atoms with Gasteiger partial charge in [0.15, 0.2) is 0 Å². The molecule has 1 saturated heterocycles. The van der Waals surface area contributed by atoms with Crippen molar-refractivity contribution in [3.8, 4) is 16.3 Å². The second-order valence-corrected chi connectivity index (χ2v) is 9.73. The van der Waals surface area contributed by atoms with Crippen LogP contribution in [0.5, 0.6) is 5.75 Å². The van der Waals surface area contributed by atoms with Crippen molar-refractivity contribution < 1.29 is 9.66 Å². The average Bonchev–Trinajstić information content (AvgIpc) is 3.55. The van der Waals surface area contributed by atoms with Crippen molar-refractivity contribution in [2.45, 2.75) is 26.3 Å². The molecule has 0 N–H and O–H groups in total.